The molecule has 0 saturated carbocycles. The lowest BCUT2D eigenvalue weighted by Crippen LogP contribution is -2.28. The summed E-state index contributed by atoms with van der Waals surface area (Å²) in [6.07, 6.45) is 0. The Kier molecular flexibility index (Phi) is 3.39. The summed E-state index contributed by atoms with van der Waals surface area (Å²) < 4.78 is 6.24. The van der Waals surface area contributed by atoms with Crippen molar-refractivity contribution in [2.24, 2.45) is 0 Å². The number of nitrogens with one attached hydrogen (secondary N) is 2. The number of nitrogens with zero attached hydrogens (tertiary/aromatic N) is 2. The van der Waals surface area contributed by atoms with Crippen molar-refractivity contribution in [1.29, 1.82) is 0 Å². The van der Waals surface area contributed by atoms with E-state index in [1.165, 1.54) is 11.3 Å². The molecule has 0 aliphatic carbocycles. The highest BCUT2D eigenvalue weighted by atomic mass is 32.1. The minimum Gasteiger partial charge on any atom is -0.356 e. The van der Waals surface area contributed by atoms with Gasteiger partial charge in [-0.1, -0.05) is 40.8 Å². The summed E-state index contributed by atoms with van der Waals surface area (Å²) in [4.78, 5) is 16.4. The van der Waals surface area contributed by atoms with Crippen LogP contribution in [0.25, 0.3) is 21.2 Å². The van der Waals surface area contributed by atoms with Gasteiger partial charge >= 0.3 is 6.03 Å². The highest BCUT2D eigenvalue weighted by Crippen LogP contribution is 2.25. The number of aromatic nitrogens is 2. The van der Waals surface area contributed by atoms with E-state index in [9.17, 15) is 4.79 Å². The summed E-state index contributed by atoms with van der Waals surface area (Å²) in [5, 5.41) is 10.9. The average Bonchev–Trinajstić information content (AvgIpc) is 3.16. The lowest BCUT2D eigenvalue weighted by atomic mass is 10.2. The first-order valence-corrected chi connectivity index (χ1v) is 7.85. The number of carbonyl (C=O) groups excluding carboxylic acids is 1. The minimum atomic E-state index is -0.323. The Bertz CT molecular complexity index is 959. The fraction of sp³-hybridized carbons (Fsp3) is 0.0625. The molecule has 0 saturated heterocycles. The van der Waals surface area contributed by atoms with Gasteiger partial charge in [0.2, 0.25) is 0 Å². The first-order valence-electron chi connectivity index (χ1n) is 7.03. The zero-order chi connectivity index (χ0) is 15.6. The predicted molar refractivity (Wildman–Crippen MR) is 89.5 cm³/mol. The standard InChI is InChI=1S/C16H12N4O2S/c21-15(19-16-18-11-6-2-4-8-14(11)23-16)17-9-12-10-5-1-3-7-13(10)22-20-12/h1-8H,9H2,(H2,17,18,19,21). The van der Waals surface area contributed by atoms with Crippen molar-refractivity contribution >= 4 is 43.7 Å². The van der Waals surface area contributed by atoms with Gasteiger partial charge in [-0.3, -0.25) is 5.32 Å². The molecule has 0 radical (unpaired) electrons. The van der Waals surface area contributed by atoms with E-state index in [2.05, 4.69) is 20.8 Å². The van der Waals surface area contributed by atoms with E-state index < -0.39 is 0 Å². The van der Waals surface area contributed by atoms with Crippen LogP contribution in [0.3, 0.4) is 0 Å². The molecule has 114 valence electrons. The van der Waals surface area contributed by atoms with E-state index in [-0.39, 0.29) is 12.6 Å². The van der Waals surface area contributed by atoms with Gasteiger partial charge in [0.25, 0.3) is 0 Å². The summed E-state index contributed by atoms with van der Waals surface area (Å²) in [6.45, 7) is 0.285. The van der Waals surface area contributed by atoms with Crippen LogP contribution < -0.4 is 10.6 Å². The first kappa shape index (κ1) is 13.7. The number of rotatable bonds is 3. The Morgan fingerprint density at radius 1 is 1.13 bits per heavy atom. The van der Waals surface area contributed by atoms with Crippen LogP contribution in [0, 0.1) is 0 Å². The summed E-state index contributed by atoms with van der Waals surface area (Å²) in [7, 11) is 0. The number of anilines is 1. The molecular formula is C16H12N4O2S. The molecular weight excluding hydrogens is 312 g/mol. The Morgan fingerprint density at radius 3 is 2.87 bits per heavy atom. The van der Waals surface area contributed by atoms with Crippen LogP contribution in [0.4, 0.5) is 9.93 Å². The number of benzene rings is 2. The molecule has 2 amide bonds. The van der Waals surface area contributed by atoms with Crippen LogP contribution in [-0.2, 0) is 6.54 Å². The van der Waals surface area contributed by atoms with E-state index in [4.69, 9.17) is 4.52 Å². The van der Waals surface area contributed by atoms with Gasteiger partial charge in [0.15, 0.2) is 10.7 Å². The molecule has 2 aromatic heterocycles. The number of carbonyl (C=O) groups is 1. The lowest BCUT2D eigenvalue weighted by molar-refractivity contribution is 0.251. The van der Waals surface area contributed by atoms with E-state index in [0.717, 1.165) is 15.6 Å². The molecule has 0 spiro atoms. The highest BCUT2D eigenvalue weighted by molar-refractivity contribution is 7.22. The van der Waals surface area contributed by atoms with Gasteiger partial charge < -0.3 is 9.84 Å². The van der Waals surface area contributed by atoms with Crippen molar-refractivity contribution in [2.75, 3.05) is 5.32 Å². The molecule has 7 heteroatoms. The molecule has 6 nitrogen and oxygen atoms in total. The lowest BCUT2D eigenvalue weighted by Gasteiger charge is -2.03. The molecule has 0 fully saturated rings. The monoisotopic (exact) mass is 324 g/mol. The van der Waals surface area contributed by atoms with Crippen LogP contribution in [0.1, 0.15) is 5.69 Å². The van der Waals surface area contributed by atoms with Crippen LogP contribution in [-0.4, -0.2) is 16.2 Å². The second-order valence-electron chi connectivity index (χ2n) is 4.92. The number of amides is 2. The summed E-state index contributed by atoms with van der Waals surface area (Å²) in [6, 6.07) is 15.0. The summed E-state index contributed by atoms with van der Waals surface area (Å²) in [5.41, 5.74) is 2.27. The molecule has 0 bridgehead atoms. The number of fused-ring (bicyclic) bond motifs is 2. The molecule has 4 aromatic rings. The van der Waals surface area contributed by atoms with Crippen LogP contribution in [0.15, 0.2) is 53.1 Å². The zero-order valence-electron chi connectivity index (χ0n) is 11.9. The third-order valence-electron chi connectivity index (χ3n) is 3.38. The zero-order valence-corrected chi connectivity index (χ0v) is 12.8. The third kappa shape index (κ3) is 2.74. The molecule has 2 N–H and O–H groups in total. The molecule has 0 aliphatic rings. The van der Waals surface area contributed by atoms with E-state index >= 15 is 0 Å². The SMILES string of the molecule is O=C(NCc1noc2ccccc12)Nc1nc2ccccc2s1. The van der Waals surface area contributed by atoms with Crippen molar-refractivity contribution in [2.45, 2.75) is 6.54 Å². The number of urea groups is 1. The first-order chi connectivity index (χ1) is 11.3. The van der Waals surface area contributed by atoms with E-state index in [0.29, 0.717) is 16.4 Å². The Balaban J connectivity index is 1.43. The largest absolute Gasteiger partial charge is 0.356 e. The highest BCUT2D eigenvalue weighted by Gasteiger charge is 2.10. The van der Waals surface area contributed by atoms with Gasteiger partial charge in [-0.05, 0) is 24.3 Å². The van der Waals surface area contributed by atoms with Crippen LogP contribution in [0.5, 0.6) is 0 Å². The number of hydrogen-bond acceptors (Lipinski definition) is 5. The predicted octanol–water partition coefficient (Wildman–Crippen LogP) is 3.76. The van der Waals surface area contributed by atoms with Crippen molar-refractivity contribution in [3.05, 3.63) is 54.2 Å². The Morgan fingerprint density at radius 2 is 1.96 bits per heavy atom. The molecule has 2 heterocycles. The number of para-hydroxylation sites is 2. The number of thiazole rings is 1. The maximum absolute atomic E-state index is 12.0. The van der Waals surface area contributed by atoms with E-state index in [1.54, 1.807) is 0 Å². The van der Waals surface area contributed by atoms with Crippen LogP contribution in [0.2, 0.25) is 0 Å². The quantitative estimate of drug-likeness (QED) is 0.601. The summed E-state index contributed by atoms with van der Waals surface area (Å²) >= 11 is 1.43. The molecule has 4 rings (SSSR count). The second-order valence-corrected chi connectivity index (χ2v) is 5.95. The van der Waals surface area contributed by atoms with E-state index in [1.807, 2.05) is 48.5 Å². The third-order valence-corrected chi connectivity index (χ3v) is 4.33. The molecule has 0 atom stereocenters. The van der Waals surface area contributed by atoms with Gasteiger partial charge in [0.05, 0.1) is 16.8 Å². The van der Waals surface area contributed by atoms with Crippen LogP contribution >= 0.6 is 11.3 Å². The topological polar surface area (TPSA) is 80.0 Å². The minimum absolute atomic E-state index is 0.285. The van der Waals surface area contributed by atoms with Crippen molar-refractivity contribution < 1.29 is 9.32 Å². The van der Waals surface area contributed by atoms with Gasteiger partial charge in [0, 0.05) is 5.39 Å². The molecule has 2 aromatic carbocycles. The van der Waals surface area contributed by atoms with Gasteiger partial charge in [-0.2, -0.15) is 0 Å². The Labute approximate surface area is 135 Å². The smallest absolute Gasteiger partial charge is 0.321 e. The van der Waals surface area contributed by atoms with Crippen molar-refractivity contribution in [1.82, 2.24) is 15.5 Å². The fourth-order valence-electron chi connectivity index (χ4n) is 2.30. The van der Waals surface area contributed by atoms with Crippen molar-refractivity contribution in [3.8, 4) is 0 Å². The summed E-state index contributed by atoms with van der Waals surface area (Å²) in [5.74, 6) is 0. The second kappa shape index (κ2) is 5.69. The van der Waals surface area contributed by atoms with Crippen molar-refractivity contribution in [3.63, 3.8) is 0 Å². The number of hydrogen-bond donors (Lipinski definition) is 2. The fourth-order valence-corrected chi connectivity index (χ4v) is 3.16. The maximum atomic E-state index is 12.0. The maximum Gasteiger partial charge on any atom is 0.321 e. The average molecular weight is 324 g/mol. The van der Waals surface area contributed by atoms with Gasteiger partial charge in [0.1, 0.15) is 5.69 Å². The van der Waals surface area contributed by atoms with Gasteiger partial charge in [-0.15, -0.1) is 0 Å². The molecule has 0 unspecified atom stereocenters. The molecule has 23 heavy (non-hydrogen) atoms. The molecule has 0 aliphatic heterocycles. The normalized spacial score (nSPS) is 11.0. The van der Waals surface area contributed by atoms with Gasteiger partial charge in [-0.25, -0.2) is 9.78 Å². The Hall–Kier alpha value is -2.93.